The molecule has 0 aliphatic heterocycles. The van der Waals surface area contributed by atoms with Gasteiger partial charge < -0.3 is 4.74 Å². The molecule has 0 N–H and O–H groups in total. The number of hydrogen-bond donors (Lipinski definition) is 0. The Morgan fingerprint density at radius 2 is 2.29 bits per heavy atom. The molecule has 0 aliphatic rings. The largest absolute Gasteiger partial charge is 0.479 e. The van der Waals surface area contributed by atoms with Crippen molar-refractivity contribution in [1.82, 2.24) is 19.7 Å². The van der Waals surface area contributed by atoms with Crippen molar-refractivity contribution in [1.29, 1.82) is 0 Å². The third-order valence-corrected chi connectivity index (χ3v) is 1.65. The van der Waals surface area contributed by atoms with Crippen molar-refractivity contribution in [3.8, 4) is 11.7 Å². The zero-order valence-corrected chi connectivity index (χ0v) is 7.38. The first-order chi connectivity index (χ1) is 6.83. The van der Waals surface area contributed by atoms with Crippen molar-refractivity contribution < 1.29 is 9.13 Å². The number of hydrogen-bond acceptors (Lipinski definition) is 4. The maximum absolute atomic E-state index is 13.5. The second kappa shape index (κ2) is 3.41. The molecule has 2 rings (SSSR count). The van der Waals surface area contributed by atoms with Gasteiger partial charge in [0, 0.05) is 12.4 Å². The Bertz CT molecular complexity index is 429. The number of halogens is 1. The lowest BCUT2D eigenvalue weighted by atomic mass is 10.5. The maximum atomic E-state index is 13.5. The van der Waals surface area contributed by atoms with Crippen molar-refractivity contribution >= 4 is 0 Å². The molecular formula is C8H7FN4O. The van der Waals surface area contributed by atoms with E-state index in [0.717, 1.165) is 0 Å². The molecule has 0 aromatic carbocycles. The van der Waals surface area contributed by atoms with E-state index in [1.54, 1.807) is 12.3 Å². The molecule has 5 nitrogen and oxygen atoms in total. The van der Waals surface area contributed by atoms with Gasteiger partial charge in [-0.2, -0.15) is 14.5 Å². The van der Waals surface area contributed by atoms with E-state index in [1.165, 1.54) is 24.3 Å². The van der Waals surface area contributed by atoms with Gasteiger partial charge >= 0.3 is 0 Å². The van der Waals surface area contributed by atoms with Crippen LogP contribution in [0.15, 0.2) is 24.8 Å². The third-order valence-electron chi connectivity index (χ3n) is 1.65. The molecule has 0 spiro atoms. The van der Waals surface area contributed by atoms with Crippen LogP contribution in [0.2, 0.25) is 0 Å². The van der Waals surface area contributed by atoms with E-state index in [1.807, 2.05) is 0 Å². The fourth-order valence-corrected chi connectivity index (χ4v) is 1.04. The number of methoxy groups -OCH3 is 1. The molecule has 0 aliphatic carbocycles. The molecule has 0 bridgehead atoms. The van der Waals surface area contributed by atoms with Gasteiger partial charge in [-0.3, -0.25) is 0 Å². The summed E-state index contributed by atoms with van der Waals surface area (Å²) in [6, 6.07) is 1.67. The van der Waals surface area contributed by atoms with Crippen molar-refractivity contribution in [3.05, 3.63) is 30.6 Å². The van der Waals surface area contributed by atoms with Crippen LogP contribution < -0.4 is 4.74 Å². The molecule has 72 valence electrons. The zero-order valence-electron chi connectivity index (χ0n) is 7.38. The average molecular weight is 194 g/mol. The molecular weight excluding hydrogens is 187 g/mol. The maximum Gasteiger partial charge on any atom is 0.255 e. The van der Waals surface area contributed by atoms with Gasteiger partial charge in [0.1, 0.15) is 6.33 Å². The topological polar surface area (TPSA) is 52.8 Å². The van der Waals surface area contributed by atoms with Gasteiger partial charge in [0.25, 0.3) is 5.88 Å². The van der Waals surface area contributed by atoms with E-state index in [2.05, 4.69) is 15.1 Å². The second-order valence-electron chi connectivity index (χ2n) is 2.47. The Labute approximate surface area is 79.2 Å². The highest BCUT2D eigenvalue weighted by Gasteiger charge is 2.12. The van der Waals surface area contributed by atoms with Crippen LogP contribution in [0, 0.1) is 5.82 Å². The molecule has 6 heteroatoms. The predicted octanol–water partition coefficient (Wildman–Crippen LogP) is 0.810. The van der Waals surface area contributed by atoms with Crippen LogP contribution in [0.5, 0.6) is 5.88 Å². The van der Waals surface area contributed by atoms with Crippen LogP contribution in [0.1, 0.15) is 0 Å². The molecule has 2 aromatic heterocycles. The van der Waals surface area contributed by atoms with Gasteiger partial charge in [-0.1, -0.05) is 0 Å². The van der Waals surface area contributed by atoms with Crippen molar-refractivity contribution in [3.63, 3.8) is 0 Å². The first-order valence-corrected chi connectivity index (χ1v) is 3.87. The second-order valence-corrected chi connectivity index (χ2v) is 2.47. The van der Waals surface area contributed by atoms with Crippen molar-refractivity contribution in [2.75, 3.05) is 7.11 Å². The molecule has 0 unspecified atom stereocenters. The molecule has 0 radical (unpaired) electrons. The zero-order chi connectivity index (χ0) is 9.97. The van der Waals surface area contributed by atoms with E-state index in [4.69, 9.17) is 4.74 Å². The van der Waals surface area contributed by atoms with Crippen LogP contribution in [0.25, 0.3) is 5.82 Å². The predicted molar refractivity (Wildman–Crippen MR) is 45.7 cm³/mol. The Hall–Kier alpha value is -1.98. The van der Waals surface area contributed by atoms with Crippen LogP contribution in [0.3, 0.4) is 0 Å². The van der Waals surface area contributed by atoms with Crippen LogP contribution >= 0.6 is 0 Å². The highest BCUT2D eigenvalue weighted by molar-refractivity contribution is 5.28. The van der Waals surface area contributed by atoms with Gasteiger partial charge in [-0.25, -0.2) is 9.67 Å². The van der Waals surface area contributed by atoms with Crippen molar-refractivity contribution in [2.45, 2.75) is 0 Å². The lowest BCUT2D eigenvalue weighted by Gasteiger charge is -2.04. The number of ether oxygens (including phenoxy) is 1. The van der Waals surface area contributed by atoms with Gasteiger partial charge in [0.05, 0.1) is 7.11 Å². The van der Waals surface area contributed by atoms with Gasteiger partial charge in [-0.05, 0) is 6.07 Å². The van der Waals surface area contributed by atoms with Crippen LogP contribution in [0.4, 0.5) is 4.39 Å². The van der Waals surface area contributed by atoms with E-state index >= 15 is 0 Å². The minimum absolute atomic E-state index is 0.0712. The Kier molecular flexibility index (Phi) is 2.10. The molecule has 0 saturated heterocycles. The van der Waals surface area contributed by atoms with E-state index in [-0.39, 0.29) is 11.7 Å². The summed E-state index contributed by atoms with van der Waals surface area (Å²) in [5.74, 6) is -0.647. The summed E-state index contributed by atoms with van der Waals surface area (Å²) in [5, 5.41) is 3.85. The third kappa shape index (κ3) is 1.30. The molecule has 0 saturated carbocycles. The number of rotatable bonds is 2. The van der Waals surface area contributed by atoms with Gasteiger partial charge in [-0.15, -0.1) is 0 Å². The highest BCUT2D eigenvalue weighted by atomic mass is 19.1. The minimum atomic E-state index is -0.626. The Morgan fingerprint density at radius 1 is 1.43 bits per heavy atom. The summed E-state index contributed by atoms with van der Waals surface area (Å²) < 4.78 is 19.5. The summed E-state index contributed by atoms with van der Waals surface area (Å²) in [4.78, 5) is 7.38. The molecule has 14 heavy (non-hydrogen) atoms. The van der Waals surface area contributed by atoms with E-state index in [0.29, 0.717) is 0 Å². The van der Waals surface area contributed by atoms with E-state index in [9.17, 15) is 4.39 Å². The molecule has 2 aromatic rings. The average Bonchev–Trinajstić information content (AvgIpc) is 2.71. The highest BCUT2D eigenvalue weighted by Crippen LogP contribution is 2.16. The summed E-state index contributed by atoms with van der Waals surface area (Å²) in [7, 11) is 1.35. The number of aromatic nitrogens is 4. The quantitative estimate of drug-likeness (QED) is 0.709. The molecule has 0 amide bonds. The van der Waals surface area contributed by atoms with Gasteiger partial charge in [0.2, 0.25) is 5.82 Å². The SMILES string of the molecule is COc1ncnc(-n2cccn2)c1F. The molecule has 0 atom stereocenters. The summed E-state index contributed by atoms with van der Waals surface area (Å²) >= 11 is 0. The fraction of sp³-hybridized carbons (Fsp3) is 0.125. The summed E-state index contributed by atoms with van der Waals surface area (Å²) in [6.07, 6.45) is 4.35. The standard InChI is InChI=1S/C8H7FN4O/c1-14-8-6(9)7(10-5-11-8)13-4-2-3-12-13/h2-5H,1H3. The summed E-state index contributed by atoms with van der Waals surface area (Å²) in [5.41, 5.74) is 0. The van der Waals surface area contributed by atoms with Crippen LogP contribution in [-0.2, 0) is 0 Å². The minimum Gasteiger partial charge on any atom is -0.479 e. The molecule has 2 heterocycles. The first-order valence-electron chi connectivity index (χ1n) is 3.87. The van der Waals surface area contributed by atoms with Crippen LogP contribution in [-0.4, -0.2) is 26.9 Å². The fourth-order valence-electron chi connectivity index (χ4n) is 1.04. The first kappa shape index (κ1) is 8.61. The Morgan fingerprint density at radius 3 is 2.93 bits per heavy atom. The van der Waals surface area contributed by atoms with Gasteiger partial charge in [0.15, 0.2) is 5.82 Å². The Balaban J connectivity index is 2.54. The normalized spacial score (nSPS) is 10.1. The monoisotopic (exact) mass is 194 g/mol. The summed E-state index contributed by atoms with van der Waals surface area (Å²) in [6.45, 7) is 0. The molecule has 0 fully saturated rings. The number of nitrogens with zero attached hydrogens (tertiary/aromatic N) is 4. The van der Waals surface area contributed by atoms with Crippen molar-refractivity contribution in [2.24, 2.45) is 0 Å². The lowest BCUT2D eigenvalue weighted by Crippen LogP contribution is -2.04. The smallest absolute Gasteiger partial charge is 0.255 e. The van der Waals surface area contributed by atoms with E-state index < -0.39 is 5.82 Å². The lowest BCUT2D eigenvalue weighted by molar-refractivity contribution is 0.365.